The molecule has 0 radical (unpaired) electrons. The van der Waals surface area contributed by atoms with Crippen LogP contribution in [0.1, 0.15) is 31.1 Å². The first-order chi connectivity index (χ1) is 16.7. The number of ketones is 1. The van der Waals surface area contributed by atoms with Crippen LogP contribution in [0, 0.1) is 0 Å². The first-order valence-corrected chi connectivity index (χ1v) is 12.2. The highest BCUT2D eigenvalue weighted by molar-refractivity contribution is 7.99. The lowest BCUT2D eigenvalue weighted by Crippen LogP contribution is -2.38. The van der Waals surface area contributed by atoms with Gasteiger partial charge in [-0.25, -0.2) is 4.98 Å². The lowest BCUT2D eigenvalue weighted by Gasteiger charge is -2.32. The molecule has 1 aliphatic heterocycles. The third-order valence-electron chi connectivity index (χ3n) is 6.22. The van der Waals surface area contributed by atoms with Crippen LogP contribution in [0.3, 0.4) is 0 Å². The van der Waals surface area contributed by atoms with Crippen LogP contribution in [0.5, 0.6) is 0 Å². The smallest absolute Gasteiger partial charge is 0.238 e. The molecule has 8 heteroatoms. The lowest BCUT2D eigenvalue weighted by molar-refractivity contribution is -0.117. The molecule has 2 N–H and O–H groups in total. The van der Waals surface area contributed by atoms with Crippen molar-refractivity contribution in [2.24, 2.45) is 0 Å². The summed E-state index contributed by atoms with van der Waals surface area (Å²) < 4.78 is 5.79. The molecule has 6 rings (SSSR count). The number of thioether (sulfide) groups is 1. The number of para-hydroxylation sites is 4. The van der Waals surface area contributed by atoms with Crippen LogP contribution >= 0.6 is 11.8 Å². The van der Waals surface area contributed by atoms with Crippen molar-refractivity contribution in [3.63, 3.8) is 0 Å². The van der Waals surface area contributed by atoms with Gasteiger partial charge in [0.25, 0.3) is 0 Å². The van der Waals surface area contributed by atoms with Crippen LogP contribution in [0.4, 0.5) is 11.4 Å². The molecular formula is C26H22N4O3S. The monoisotopic (exact) mass is 470 g/mol. The maximum atomic E-state index is 13.8. The third-order valence-corrected chi connectivity index (χ3v) is 7.08. The number of hydrogen-bond acceptors (Lipinski definition) is 6. The maximum absolute atomic E-state index is 13.8. The Balaban J connectivity index is 1.41. The van der Waals surface area contributed by atoms with Crippen LogP contribution in [0.25, 0.3) is 11.0 Å². The first-order valence-electron chi connectivity index (χ1n) is 11.2. The summed E-state index contributed by atoms with van der Waals surface area (Å²) in [6.45, 7) is 0. The lowest BCUT2D eigenvalue weighted by atomic mass is 9.88. The van der Waals surface area contributed by atoms with E-state index in [0.717, 1.165) is 40.9 Å². The van der Waals surface area contributed by atoms with E-state index in [1.165, 1.54) is 11.8 Å². The van der Waals surface area contributed by atoms with Crippen molar-refractivity contribution < 1.29 is 14.0 Å². The standard InChI is InChI=1S/C26H22N4O3S/c31-21-12-5-10-19-24(21)25(22-13-6-14-33-22)30(20-11-4-3-9-18(20)27-19)23(32)15-34-26-28-16-7-1-2-8-17(16)29-26/h1-4,6-9,11,13-14,25,27H,5,10,12,15H2,(H,28,29). The Morgan fingerprint density at radius 2 is 1.94 bits per heavy atom. The van der Waals surface area contributed by atoms with Gasteiger partial charge in [-0.3, -0.25) is 14.5 Å². The van der Waals surface area contributed by atoms with Crippen molar-refractivity contribution in [2.75, 3.05) is 16.0 Å². The van der Waals surface area contributed by atoms with Crippen LogP contribution in [-0.4, -0.2) is 27.4 Å². The quantitative estimate of drug-likeness (QED) is 0.385. The number of aromatic nitrogens is 2. The van der Waals surface area contributed by atoms with Gasteiger partial charge in [0.15, 0.2) is 10.9 Å². The summed E-state index contributed by atoms with van der Waals surface area (Å²) in [5, 5.41) is 4.14. The van der Waals surface area contributed by atoms with Crippen molar-refractivity contribution in [2.45, 2.75) is 30.5 Å². The van der Waals surface area contributed by atoms with Gasteiger partial charge in [0.05, 0.1) is 34.4 Å². The van der Waals surface area contributed by atoms with Gasteiger partial charge in [0.2, 0.25) is 5.91 Å². The number of carbonyl (C=O) groups excluding carboxylic acids is 2. The minimum atomic E-state index is -0.627. The largest absolute Gasteiger partial charge is 0.467 e. The SMILES string of the molecule is O=C1CCCC2=C1C(c1ccco1)N(C(=O)CSc1nc3ccccc3[nH]1)c1ccccc1N2. The second-order valence-corrected chi connectivity index (χ2v) is 9.30. The molecule has 3 heterocycles. The Kier molecular flexibility index (Phi) is 5.22. The number of aromatic amines is 1. The van der Waals surface area contributed by atoms with Crippen LogP contribution in [0.15, 0.2) is 87.8 Å². The fourth-order valence-corrected chi connectivity index (χ4v) is 5.47. The number of nitrogens with zero attached hydrogens (tertiary/aromatic N) is 2. The molecule has 2 aromatic carbocycles. The normalized spacial score (nSPS) is 17.8. The Hall–Kier alpha value is -3.78. The Bertz CT molecular complexity index is 1390. The number of imidazole rings is 1. The maximum Gasteiger partial charge on any atom is 0.238 e. The number of Topliss-reactive ketones (excluding diaryl/α,β-unsaturated/α-hetero) is 1. The third kappa shape index (κ3) is 3.60. The number of benzene rings is 2. The molecule has 7 nitrogen and oxygen atoms in total. The topological polar surface area (TPSA) is 91.2 Å². The summed E-state index contributed by atoms with van der Waals surface area (Å²) in [5.41, 5.74) is 4.79. The number of rotatable bonds is 4. The summed E-state index contributed by atoms with van der Waals surface area (Å²) in [5.74, 6) is 0.643. The Morgan fingerprint density at radius 1 is 1.09 bits per heavy atom. The van der Waals surface area contributed by atoms with Crippen molar-refractivity contribution in [3.8, 4) is 0 Å². The van der Waals surface area contributed by atoms with Crippen LogP contribution in [0.2, 0.25) is 0 Å². The van der Waals surface area contributed by atoms with E-state index in [-0.39, 0.29) is 17.4 Å². The molecule has 0 bridgehead atoms. The predicted molar refractivity (Wildman–Crippen MR) is 132 cm³/mol. The van der Waals surface area contributed by atoms with E-state index >= 15 is 0 Å². The van der Waals surface area contributed by atoms with Crippen molar-refractivity contribution in [3.05, 3.63) is 84.0 Å². The molecule has 0 fully saturated rings. The molecule has 0 saturated heterocycles. The molecule has 170 valence electrons. The summed E-state index contributed by atoms with van der Waals surface area (Å²) in [6.07, 6.45) is 3.58. The number of allylic oxidation sites excluding steroid dienone is 1. The van der Waals surface area contributed by atoms with Gasteiger partial charge in [-0.15, -0.1) is 0 Å². The van der Waals surface area contributed by atoms with Gasteiger partial charge < -0.3 is 14.7 Å². The van der Waals surface area contributed by atoms with Crippen molar-refractivity contribution >= 4 is 45.9 Å². The van der Waals surface area contributed by atoms with E-state index in [1.54, 1.807) is 17.2 Å². The van der Waals surface area contributed by atoms with Crippen molar-refractivity contribution in [1.82, 2.24) is 9.97 Å². The summed E-state index contributed by atoms with van der Waals surface area (Å²) in [6, 6.07) is 18.4. The van der Waals surface area contributed by atoms with E-state index < -0.39 is 6.04 Å². The number of nitrogens with one attached hydrogen (secondary N) is 2. The highest BCUT2D eigenvalue weighted by Gasteiger charge is 2.40. The first kappa shape index (κ1) is 20.8. The van der Waals surface area contributed by atoms with Gasteiger partial charge >= 0.3 is 0 Å². The molecule has 2 aliphatic rings. The fourth-order valence-electron chi connectivity index (χ4n) is 4.72. The number of carbonyl (C=O) groups is 2. The van der Waals surface area contributed by atoms with E-state index in [1.807, 2.05) is 54.6 Å². The van der Waals surface area contributed by atoms with E-state index in [2.05, 4.69) is 15.3 Å². The molecule has 2 aromatic heterocycles. The highest BCUT2D eigenvalue weighted by atomic mass is 32.2. The number of fused-ring (bicyclic) bond motifs is 2. The van der Waals surface area contributed by atoms with E-state index in [9.17, 15) is 9.59 Å². The number of amides is 1. The summed E-state index contributed by atoms with van der Waals surface area (Å²) in [7, 11) is 0. The predicted octanol–water partition coefficient (Wildman–Crippen LogP) is 5.46. The van der Waals surface area contributed by atoms with E-state index in [4.69, 9.17) is 4.42 Å². The molecule has 4 aromatic rings. The van der Waals surface area contributed by atoms with Gasteiger partial charge in [-0.05, 0) is 49.2 Å². The Morgan fingerprint density at radius 3 is 2.79 bits per heavy atom. The van der Waals surface area contributed by atoms with Crippen LogP contribution in [-0.2, 0) is 9.59 Å². The molecule has 34 heavy (non-hydrogen) atoms. The molecule has 1 amide bonds. The summed E-state index contributed by atoms with van der Waals surface area (Å²) in [4.78, 5) is 36.6. The average Bonchev–Trinajstić information content (AvgIpc) is 3.49. The fraction of sp³-hybridized carbons (Fsp3) is 0.192. The number of furan rings is 1. The van der Waals surface area contributed by atoms with Gasteiger partial charge in [-0.1, -0.05) is 36.0 Å². The number of H-pyrrole nitrogens is 1. The summed E-state index contributed by atoms with van der Waals surface area (Å²) >= 11 is 1.35. The Labute approximate surface area is 200 Å². The minimum Gasteiger partial charge on any atom is -0.467 e. The zero-order valence-corrected chi connectivity index (χ0v) is 19.1. The minimum absolute atomic E-state index is 0.0469. The van der Waals surface area contributed by atoms with Gasteiger partial charge in [-0.2, -0.15) is 0 Å². The number of anilines is 2. The van der Waals surface area contributed by atoms with Crippen LogP contribution < -0.4 is 10.2 Å². The second kappa shape index (κ2) is 8.53. The molecule has 0 saturated carbocycles. The zero-order valence-electron chi connectivity index (χ0n) is 18.3. The molecule has 1 unspecified atom stereocenters. The number of hydrogen-bond donors (Lipinski definition) is 2. The van der Waals surface area contributed by atoms with E-state index in [0.29, 0.717) is 22.9 Å². The molecule has 1 atom stereocenters. The van der Waals surface area contributed by atoms with Crippen molar-refractivity contribution in [1.29, 1.82) is 0 Å². The molecular weight excluding hydrogens is 448 g/mol. The molecule has 0 spiro atoms. The van der Waals surface area contributed by atoms with Gasteiger partial charge in [0, 0.05) is 17.7 Å². The average molecular weight is 471 g/mol. The highest BCUT2D eigenvalue weighted by Crippen LogP contribution is 2.45. The molecule has 1 aliphatic carbocycles. The van der Waals surface area contributed by atoms with Gasteiger partial charge in [0.1, 0.15) is 11.8 Å². The zero-order chi connectivity index (χ0) is 23.1. The second-order valence-electron chi connectivity index (χ2n) is 8.34.